The maximum Gasteiger partial charge on any atom is 0.162 e. The summed E-state index contributed by atoms with van der Waals surface area (Å²) in [4.78, 5) is 8.91. The summed E-state index contributed by atoms with van der Waals surface area (Å²) in [5.74, 6) is 0.543. The number of hydrogen-bond acceptors (Lipinski definition) is 3. The average molecular weight is 229 g/mol. The monoisotopic (exact) mass is 229 g/mol. The predicted octanol–water partition coefficient (Wildman–Crippen LogP) is 3.12. The number of nitrogens with two attached hydrogens (primary N) is 1. The van der Waals surface area contributed by atoms with Crippen LogP contribution < -0.4 is 5.73 Å². The number of aromatic nitrogens is 2. The third kappa shape index (κ3) is 2.54. The van der Waals surface area contributed by atoms with Gasteiger partial charge in [-0.15, -0.1) is 0 Å². The van der Waals surface area contributed by atoms with Gasteiger partial charge in [0.15, 0.2) is 5.65 Å². The first kappa shape index (κ1) is 11.8. The van der Waals surface area contributed by atoms with E-state index in [2.05, 4.69) is 29.9 Å². The van der Waals surface area contributed by atoms with Crippen molar-refractivity contribution in [3.63, 3.8) is 0 Å². The Morgan fingerprint density at radius 1 is 1.06 bits per heavy atom. The molecule has 0 amide bonds. The van der Waals surface area contributed by atoms with Crippen molar-refractivity contribution in [1.82, 2.24) is 9.97 Å². The van der Waals surface area contributed by atoms with Crippen molar-refractivity contribution >= 4 is 16.9 Å². The molecule has 3 heteroatoms. The van der Waals surface area contributed by atoms with Crippen LogP contribution in [0.2, 0.25) is 0 Å². The Labute approximate surface area is 102 Å². The van der Waals surface area contributed by atoms with Crippen molar-refractivity contribution in [2.24, 2.45) is 0 Å². The van der Waals surface area contributed by atoms with Crippen LogP contribution >= 0.6 is 0 Å². The summed E-state index contributed by atoms with van der Waals surface area (Å²) in [7, 11) is 0. The lowest BCUT2D eigenvalue weighted by atomic mass is 10.0. The van der Waals surface area contributed by atoms with Crippen molar-refractivity contribution in [2.45, 2.75) is 39.5 Å². The van der Waals surface area contributed by atoms with Crippen LogP contribution in [0, 0.1) is 0 Å². The quantitative estimate of drug-likeness (QED) is 0.876. The molecule has 90 valence electrons. The van der Waals surface area contributed by atoms with Crippen LogP contribution in [0.25, 0.3) is 11.0 Å². The highest BCUT2D eigenvalue weighted by molar-refractivity contribution is 5.80. The van der Waals surface area contributed by atoms with Gasteiger partial charge < -0.3 is 5.73 Å². The first-order chi connectivity index (χ1) is 8.24. The summed E-state index contributed by atoms with van der Waals surface area (Å²) < 4.78 is 0. The van der Waals surface area contributed by atoms with Crippen molar-refractivity contribution in [2.75, 3.05) is 5.73 Å². The summed E-state index contributed by atoms with van der Waals surface area (Å²) >= 11 is 0. The van der Waals surface area contributed by atoms with E-state index in [-0.39, 0.29) is 0 Å². The van der Waals surface area contributed by atoms with E-state index in [4.69, 9.17) is 5.73 Å². The number of rotatable bonds is 4. The third-order valence-electron chi connectivity index (χ3n) is 2.86. The van der Waals surface area contributed by atoms with Gasteiger partial charge in [0.05, 0.1) is 0 Å². The lowest BCUT2D eigenvalue weighted by Crippen LogP contribution is -1.99. The van der Waals surface area contributed by atoms with E-state index in [1.54, 1.807) is 0 Å². The molecule has 0 aliphatic carbocycles. The molecule has 2 N–H and O–H groups in total. The molecule has 0 radical (unpaired) electrons. The highest BCUT2D eigenvalue weighted by atomic mass is 14.9. The van der Waals surface area contributed by atoms with Crippen molar-refractivity contribution in [3.05, 3.63) is 29.5 Å². The van der Waals surface area contributed by atoms with Gasteiger partial charge in [-0.3, -0.25) is 0 Å². The Morgan fingerprint density at radius 3 is 2.53 bits per heavy atom. The van der Waals surface area contributed by atoms with Gasteiger partial charge in [0, 0.05) is 11.1 Å². The SMILES string of the molecule is CCCc1cc(CCC)c2ccc(N)nc2n1. The van der Waals surface area contributed by atoms with Gasteiger partial charge in [-0.2, -0.15) is 0 Å². The number of fused-ring (bicyclic) bond motifs is 1. The molecule has 2 aromatic rings. The fraction of sp³-hybridized carbons (Fsp3) is 0.429. The molecule has 0 fully saturated rings. The molecule has 0 unspecified atom stereocenters. The summed E-state index contributed by atoms with van der Waals surface area (Å²) in [5.41, 5.74) is 8.98. The van der Waals surface area contributed by atoms with Crippen molar-refractivity contribution in [3.8, 4) is 0 Å². The number of anilines is 1. The number of nitrogens with zero attached hydrogens (tertiary/aromatic N) is 2. The van der Waals surface area contributed by atoms with Crippen LogP contribution in [0.5, 0.6) is 0 Å². The summed E-state index contributed by atoms with van der Waals surface area (Å²) in [5, 5.41) is 1.14. The van der Waals surface area contributed by atoms with Gasteiger partial charge >= 0.3 is 0 Å². The molecule has 2 aromatic heterocycles. The molecule has 0 aromatic carbocycles. The number of aryl methyl sites for hydroxylation is 2. The minimum atomic E-state index is 0.543. The molecule has 3 nitrogen and oxygen atoms in total. The standard InChI is InChI=1S/C14H19N3/c1-3-5-10-9-11(6-4-2)16-14-12(10)7-8-13(15)17-14/h7-9H,3-6H2,1-2H3,(H2,15,16,17). The molecule has 0 atom stereocenters. The second kappa shape index (κ2) is 5.13. The maximum atomic E-state index is 5.72. The molecular weight excluding hydrogens is 210 g/mol. The van der Waals surface area contributed by atoms with E-state index in [9.17, 15) is 0 Å². The van der Waals surface area contributed by atoms with Gasteiger partial charge in [0.25, 0.3) is 0 Å². The zero-order chi connectivity index (χ0) is 12.3. The average Bonchev–Trinajstić information content (AvgIpc) is 2.29. The van der Waals surface area contributed by atoms with Gasteiger partial charge in [-0.05, 0) is 36.6 Å². The smallest absolute Gasteiger partial charge is 0.162 e. The van der Waals surface area contributed by atoms with Crippen LogP contribution in [0.15, 0.2) is 18.2 Å². The van der Waals surface area contributed by atoms with Crippen LogP contribution in [0.4, 0.5) is 5.82 Å². The minimum absolute atomic E-state index is 0.543. The highest BCUT2D eigenvalue weighted by Gasteiger charge is 2.06. The fourth-order valence-electron chi connectivity index (χ4n) is 2.11. The highest BCUT2D eigenvalue weighted by Crippen LogP contribution is 2.20. The second-order valence-electron chi connectivity index (χ2n) is 4.38. The molecule has 0 bridgehead atoms. The lowest BCUT2D eigenvalue weighted by molar-refractivity contribution is 0.872. The maximum absolute atomic E-state index is 5.72. The Kier molecular flexibility index (Phi) is 3.57. The van der Waals surface area contributed by atoms with Crippen LogP contribution in [-0.2, 0) is 12.8 Å². The molecule has 0 saturated heterocycles. The number of nitrogen functional groups attached to an aromatic ring is 1. The predicted molar refractivity (Wildman–Crippen MR) is 71.9 cm³/mol. The van der Waals surface area contributed by atoms with Gasteiger partial charge in [0.1, 0.15) is 5.82 Å². The summed E-state index contributed by atoms with van der Waals surface area (Å²) in [6.07, 6.45) is 4.31. The van der Waals surface area contributed by atoms with E-state index >= 15 is 0 Å². The van der Waals surface area contributed by atoms with Gasteiger partial charge in [0.2, 0.25) is 0 Å². The van der Waals surface area contributed by atoms with E-state index in [1.165, 1.54) is 5.56 Å². The zero-order valence-electron chi connectivity index (χ0n) is 10.5. The van der Waals surface area contributed by atoms with Gasteiger partial charge in [-0.1, -0.05) is 26.7 Å². The summed E-state index contributed by atoms with van der Waals surface area (Å²) in [6.45, 7) is 4.36. The molecule has 2 heterocycles. The number of pyridine rings is 2. The van der Waals surface area contributed by atoms with Crippen LogP contribution in [0.3, 0.4) is 0 Å². The minimum Gasteiger partial charge on any atom is -0.384 e. The van der Waals surface area contributed by atoms with Gasteiger partial charge in [-0.25, -0.2) is 9.97 Å². The first-order valence-electron chi connectivity index (χ1n) is 6.29. The normalized spacial score (nSPS) is 10.9. The number of hydrogen-bond donors (Lipinski definition) is 1. The van der Waals surface area contributed by atoms with Crippen LogP contribution in [-0.4, -0.2) is 9.97 Å². The second-order valence-corrected chi connectivity index (χ2v) is 4.38. The van der Waals surface area contributed by atoms with E-state index in [1.807, 2.05) is 12.1 Å². The lowest BCUT2D eigenvalue weighted by Gasteiger charge is -2.08. The van der Waals surface area contributed by atoms with Crippen molar-refractivity contribution in [1.29, 1.82) is 0 Å². The third-order valence-corrected chi connectivity index (χ3v) is 2.86. The topological polar surface area (TPSA) is 51.8 Å². The largest absolute Gasteiger partial charge is 0.384 e. The zero-order valence-corrected chi connectivity index (χ0v) is 10.5. The Balaban J connectivity index is 2.58. The molecule has 0 aliphatic heterocycles. The Hall–Kier alpha value is -1.64. The molecule has 0 saturated carbocycles. The molecule has 2 rings (SSSR count). The summed E-state index contributed by atoms with van der Waals surface area (Å²) in [6, 6.07) is 6.10. The van der Waals surface area contributed by atoms with E-state index < -0.39 is 0 Å². The first-order valence-corrected chi connectivity index (χ1v) is 6.29. The molecule has 0 spiro atoms. The van der Waals surface area contributed by atoms with E-state index in [0.717, 1.165) is 42.4 Å². The van der Waals surface area contributed by atoms with Crippen molar-refractivity contribution < 1.29 is 0 Å². The fourth-order valence-corrected chi connectivity index (χ4v) is 2.11. The Morgan fingerprint density at radius 2 is 1.82 bits per heavy atom. The van der Waals surface area contributed by atoms with E-state index in [0.29, 0.717) is 5.82 Å². The molecule has 0 aliphatic rings. The van der Waals surface area contributed by atoms with Crippen LogP contribution in [0.1, 0.15) is 37.9 Å². The Bertz CT molecular complexity index is 520. The molecular formula is C14H19N3. The molecule has 17 heavy (non-hydrogen) atoms.